The Labute approximate surface area is 252 Å². The number of unbranched alkanes of at least 4 members (excludes halogenated alkanes) is 6. The SMILES string of the molecule is CCCCCCc1nc2c(-c3nc4ccccc4o3)c3sc(CCCCCC)nc3c(-c3nc4ccccc4o3)c2s1. The van der Waals surface area contributed by atoms with Gasteiger partial charge in [0.2, 0.25) is 11.8 Å². The summed E-state index contributed by atoms with van der Waals surface area (Å²) in [6.45, 7) is 4.49. The molecule has 0 amide bonds. The number of benzene rings is 3. The number of aromatic nitrogens is 4. The summed E-state index contributed by atoms with van der Waals surface area (Å²) in [5.74, 6) is 1.19. The Morgan fingerprint density at radius 2 is 1.00 bits per heavy atom. The molecule has 3 aromatic carbocycles. The molecule has 0 aliphatic heterocycles. The first-order chi connectivity index (χ1) is 20.7. The number of thiazole rings is 2. The maximum atomic E-state index is 6.40. The number of hydrogen-bond donors (Lipinski definition) is 0. The summed E-state index contributed by atoms with van der Waals surface area (Å²) >= 11 is 3.47. The highest BCUT2D eigenvalue weighted by atomic mass is 32.1. The Hall–Kier alpha value is -3.62. The van der Waals surface area contributed by atoms with E-state index in [1.165, 1.54) is 38.5 Å². The predicted molar refractivity (Wildman–Crippen MR) is 174 cm³/mol. The number of fused-ring (bicyclic) bond motifs is 4. The van der Waals surface area contributed by atoms with E-state index in [2.05, 4.69) is 13.8 Å². The first-order valence-corrected chi connectivity index (χ1v) is 16.8. The highest BCUT2D eigenvalue weighted by molar-refractivity contribution is 7.21. The molecular formula is C34H34N4O2S2. The standard InChI is InChI=1S/C34H34N4O2S2/c1-3-5-7-9-19-25-37-29-27(33-35-21-15-11-13-17-23(21)39-33)32-30(38-26(42-32)20-10-8-6-4-2)28(31(29)41-25)34-36-22-16-12-14-18-24(22)40-34/h11-18H,3-10,19-20H2,1-2H3. The Balaban J connectivity index is 1.47. The lowest BCUT2D eigenvalue weighted by Gasteiger charge is -2.04. The van der Waals surface area contributed by atoms with Crippen LogP contribution in [0.25, 0.3) is 65.5 Å². The molecule has 0 unspecified atom stereocenters. The van der Waals surface area contributed by atoms with E-state index in [1.807, 2.05) is 48.5 Å². The van der Waals surface area contributed by atoms with Crippen molar-refractivity contribution in [1.29, 1.82) is 0 Å². The van der Waals surface area contributed by atoms with E-state index < -0.39 is 0 Å². The third-order valence-electron chi connectivity index (χ3n) is 7.77. The van der Waals surface area contributed by atoms with Gasteiger partial charge in [-0.3, -0.25) is 0 Å². The number of nitrogens with zero attached hydrogens (tertiary/aromatic N) is 4. The van der Waals surface area contributed by atoms with Gasteiger partial charge in [-0.2, -0.15) is 0 Å². The number of rotatable bonds is 12. The Bertz CT molecular complexity index is 1730. The molecule has 7 aromatic rings. The van der Waals surface area contributed by atoms with E-state index in [9.17, 15) is 0 Å². The molecule has 7 rings (SSSR count). The molecular weight excluding hydrogens is 561 g/mol. The van der Waals surface area contributed by atoms with E-state index in [4.69, 9.17) is 28.8 Å². The smallest absolute Gasteiger partial charge is 0.231 e. The molecule has 8 heteroatoms. The maximum Gasteiger partial charge on any atom is 0.231 e. The molecule has 0 spiro atoms. The number of hydrogen-bond acceptors (Lipinski definition) is 8. The molecule has 0 saturated heterocycles. The lowest BCUT2D eigenvalue weighted by Crippen LogP contribution is -1.89. The van der Waals surface area contributed by atoms with Gasteiger partial charge in [0.25, 0.3) is 0 Å². The van der Waals surface area contributed by atoms with Crippen LogP contribution in [0.15, 0.2) is 57.4 Å². The summed E-state index contributed by atoms with van der Waals surface area (Å²) in [6, 6.07) is 15.9. The topological polar surface area (TPSA) is 77.8 Å². The lowest BCUT2D eigenvalue weighted by molar-refractivity contribution is 0.620. The average molecular weight is 595 g/mol. The molecule has 4 aromatic heterocycles. The van der Waals surface area contributed by atoms with Crippen LogP contribution in [0.5, 0.6) is 0 Å². The average Bonchev–Trinajstić information content (AvgIpc) is 3.80. The highest BCUT2D eigenvalue weighted by Crippen LogP contribution is 2.48. The van der Waals surface area contributed by atoms with Gasteiger partial charge >= 0.3 is 0 Å². The largest absolute Gasteiger partial charge is 0.436 e. The van der Waals surface area contributed by atoms with E-state index in [-0.39, 0.29) is 0 Å². The van der Waals surface area contributed by atoms with Gasteiger partial charge in [-0.05, 0) is 49.9 Å². The van der Waals surface area contributed by atoms with E-state index in [0.29, 0.717) is 11.8 Å². The molecule has 0 aliphatic rings. The molecule has 0 radical (unpaired) electrons. The van der Waals surface area contributed by atoms with Crippen LogP contribution in [0.1, 0.15) is 75.2 Å². The Morgan fingerprint density at radius 3 is 1.43 bits per heavy atom. The molecule has 0 atom stereocenters. The van der Waals surface area contributed by atoms with Crippen LogP contribution in [-0.4, -0.2) is 19.9 Å². The first kappa shape index (κ1) is 27.2. The van der Waals surface area contributed by atoms with Gasteiger partial charge in [0.1, 0.15) is 11.0 Å². The van der Waals surface area contributed by atoms with Crippen molar-refractivity contribution in [3.63, 3.8) is 0 Å². The van der Waals surface area contributed by atoms with Gasteiger partial charge in [-0.25, -0.2) is 19.9 Å². The highest BCUT2D eigenvalue weighted by Gasteiger charge is 2.28. The molecule has 214 valence electrons. The molecule has 0 fully saturated rings. The van der Waals surface area contributed by atoms with Gasteiger partial charge < -0.3 is 8.83 Å². The summed E-state index contributed by atoms with van der Waals surface area (Å²) in [7, 11) is 0. The fraction of sp³-hybridized carbons (Fsp3) is 0.353. The number of aryl methyl sites for hydroxylation is 2. The second kappa shape index (κ2) is 11.9. The first-order valence-electron chi connectivity index (χ1n) is 15.2. The van der Waals surface area contributed by atoms with Crippen molar-refractivity contribution in [2.75, 3.05) is 0 Å². The van der Waals surface area contributed by atoms with Crippen molar-refractivity contribution in [3.05, 3.63) is 58.5 Å². The van der Waals surface area contributed by atoms with E-state index >= 15 is 0 Å². The summed E-state index contributed by atoms with van der Waals surface area (Å²) in [4.78, 5) is 20.4. The minimum atomic E-state index is 0.597. The summed E-state index contributed by atoms with van der Waals surface area (Å²) < 4.78 is 14.9. The Morgan fingerprint density at radius 1 is 0.548 bits per heavy atom. The second-order valence-corrected chi connectivity index (χ2v) is 13.1. The normalized spacial score (nSPS) is 12.0. The quantitative estimate of drug-likeness (QED) is 0.131. The molecule has 42 heavy (non-hydrogen) atoms. The molecule has 0 N–H and O–H groups in total. The zero-order chi connectivity index (χ0) is 28.5. The Kier molecular flexibility index (Phi) is 7.74. The second-order valence-electron chi connectivity index (χ2n) is 10.9. The van der Waals surface area contributed by atoms with Gasteiger partial charge in [0.15, 0.2) is 11.2 Å². The zero-order valence-corrected chi connectivity index (χ0v) is 25.7. The van der Waals surface area contributed by atoms with Gasteiger partial charge in [0, 0.05) is 0 Å². The van der Waals surface area contributed by atoms with Crippen LogP contribution in [0.2, 0.25) is 0 Å². The van der Waals surface area contributed by atoms with Crippen molar-refractivity contribution in [3.8, 4) is 22.9 Å². The van der Waals surface area contributed by atoms with Crippen molar-refractivity contribution in [2.24, 2.45) is 0 Å². The van der Waals surface area contributed by atoms with Crippen LogP contribution in [0.3, 0.4) is 0 Å². The summed E-state index contributed by atoms with van der Waals surface area (Å²) in [5, 5.41) is 2.24. The molecule has 0 saturated carbocycles. The van der Waals surface area contributed by atoms with Crippen LogP contribution in [0, 0.1) is 0 Å². The summed E-state index contributed by atoms with van der Waals surface area (Å²) in [6.07, 6.45) is 11.5. The molecule has 4 heterocycles. The van der Waals surface area contributed by atoms with E-state index in [0.717, 1.165) is 89.5 Å². The van der Waals surface area contributed by atoms with Crippen molar-refractivity contribution in [2.45, 2.75) is 78.1 Å². The zero-order valence-electron chi connectivity index (χ0n) is 24.1. The van der Waals surface area contributed by atoms with Gasteiger partial charge in [0.05, 0.1) is 41.6 Å². The third-order valence-corrected chi connectivity index (χ3v) is 10.0. The lowest BCUT2D eigenvalue weighted by atomic mass is 10.1. The molecule has 0 aliphatic carbocycles. The van der Waals surface area contributed by atoms with Crippen LogP contribution >= 0.6 is 22.7 Å². The minimum Gasteiger partial charge on any atom is -0.436 e. The number of oxazole rings is 2. The van der Waals surface area contributed by atoms with Crippen LogP contribution in [-0.2, 0) is 12.8 Å². The van der Waals surface area contributed by atoms with E-state index in [1.54, 1.807) is 22.7 Å². The minimum absolute atomic E-state index is 0.597. The van der Waals surface area contributed by atoms with Crippen molar-refractivity contribution in [1.82, 2.24) is 19.9 Å². The van der Waals surface area contributed by atoms with Crippen LogP contribution in [0.4, 0.5) is 0 Å². The monoisotopic (exact) mass is 594 g/mol. The van der Waals surface area contributed by atoms with Gasteiger partial charge in [-0.1, -0.05) is 76.6 Å². The third kappa shape index (κ3) is 5.11. The predicted octanol–water partition coefficient (Wildman–Crippen LogP) is 10.8. The van der Waals surface area contributed by atoms with Crippen molar-refractivity contribution >= 4 is 65.3 Å². The van der Waals surface area contributed by atoms with Gasteiger partial charge in [-0.15, -0.1) is 22.7 Å². The molecule has 6 nitrogen and oxygen atoms in total. The van der Waals surface area contributed by atoms with Crippen LogP contribution < -0.4 is 0 Å². The molecule has 0 bridgehead atoms. The fourth-order valence-electron chi connectivity index (χ4n) is 5.60. The fourth-order valence-corrected chi connectivity index (χ4v) is 7.90. The maximum absolute atomic E-state index is 6.40. The summed E-state index contributed by atoms with van der Waals surface area (Å²) in [5.41, 5.74) is 6.92. The van der Waals surface area contributed by atoms with Crippen molar-refractivity contribution < 1.29 is 8.83 Å². The number of para-hydroxylation sites is 4.